The summed E-state index contributed by atoms with van der Waals surface area (Å²) in [7, 11) is 1.89. The average Bonchev–Trinajstić information content (AvgIpc) is 2.14. The number of halogens is 1. The van der Waals surface area contributed by atoms with Crippen molar-refractivity contribution in [1.82, 2.24) is 5.06 Å². The Kier molecular flexibility index (Phi) is 13.3. The lowest BCUT2D eigenvalue weighted by molar-refractivity contribution is -0.197. The van der Waals surface area contributed by atoms with Gasteiger partial charge in [-0.05, 0) is 36.3 Å². The van der Waals surface area contributed by atoms with Gasteiger partial charge in [0.1, 0.15) is 0 Å². The Hall–Kier alpha value is 0.130. The van der Waals surface area contributed by atoms with E-state index >= 15 is 0 Å². The predicted molar refractivity (Wildman–Crippen MR) is 63.9 cm³/mol. The van der Waals surface area contributed by atoms with Gasteiger partial charge in [-0.15, -0.1) is 11.2 Å². The van der Waals surface area contributed by atoms with E-state index in [9.17, 15) is 0 Å². The van der Waals surface area contributed by atoms with E-state index in [0.29, 0.717) is 25.1 Å². The average molecular weight is 239 g/mol. The second-order valence-corrected chi connectivity index (χ2v) is 3.29. The Labute approximate surface area is 94.3 Å². The predicted octanol–water partition coefficient (Wildman–Crippen LogP) is 2.97. The van der Waals surface area contributed by atoms with Gasteiger partial charge in [0.2, 0.25) is 0 Å². The smallest absolute Gasteiger partial charge is 0.0815 e. The molecule has 0 aliphatic rings. The molecule has 0 N–H and O–H groups in total. The van der Waals surface area contributed by atoms with Crippen LogP contribution in [0.3, 0.4) is 0 Å². The SMILES string of the molecule is CC(C)N(OCCC#N)C(C)C.PCl. The Morgan fingerprint density at radius 1 is 1.29 bits per heavy atom. The lowest BCUT2D eigenvalue weighted by Gasteiger charge is -2.28. The standard InChI is InChI=1S/C9H18N2O.ClH2P/c1-8(2)11(9(3)4)12-7-5-6-10;1-2/h8-9H,5,7H2,1-4H3;2H2. The molecule has 0 amide bonds. The molecule has 0 bridgehead atoms. The van der Waals surface area contributed by atoms with Crippen LogP contribution in [-0.2, 0) is 4.84 Å². The van der Waals surface area contributed by atoms with Gasteiger partial charge in [0, 0.05) is 12.1 Å². The van der Waals surface area contributed by atoms with E-state index in [2.05, 4.69) is 38.9 Å². The third-order valence-electron chi connectivity index (χ3n) is 1.47. The minimum absolute atomic E-state index is 0.365. The molecule has 3 nitrogen and oxygen atoms in total. The summed E-state index contributed by atoms with van der Waals surface area (Å²) in [4.78, 5) is 5.42. The lowest BCUT2D eigenvalue weighted by Crippen LogP contribution is -2.37. The molecule has 0 spiro atoms. The van der Waals surface area contributed by atoms with E-state index in [-0.39, 0.29) is 0 Å². The third kappa shape index (κ3) is 8.72. The zero-order valence-electron chi connectivity index (χ0n) is 9.33. The highest BCUT2D eigenvalue weighted by Crippen LogP contribution is 2.05. The summed E-state index contributed by atoms with van der Waals surface area (Å²) >= 11 is 4.56. The second-order valence-electron chi connectivity index (χ2n) is 3.29. The molecule has 0 aliphatic heterocycles. The highest BCUT2D eigenvalue weighted by Gasteiger charge is 2.13. The first-order valence-electron chi connectivity index (χ1n) is 4.59. The van der Waals surface area contributed by atoms with Gasteiger partial charge in [-0.25, -0.2) is 0 Å². The van der Waals surface area contributed by atoms with Crippen molar-refractivity contribution in [3.63, 3.8) is 0 Å². The molecular formula is C9H20ClN2OP. The monoisotopic (exact) mass is 238 g/mol. The summed E-state index contributed by atoms with van der Waals surface area (Å²) < 4.78 is 0. The summed E-state index contributed by atoms with van der Waals surface area (Å²) in [5, 5.41) is 10.2. The molecule has 1 unspecified atom stereocenters. The molecule has 0 aromatic heterocycles. The highest BCUT2D eigenvalue weighted by atomic mass is 35.7. The quantitative estimate of drug-likeness (QED) is 0.420. The van der Waals surface area contributed by atoms with Gasteiger partial charge in [-0.1, -0.05) is 0 Å². The van der Waals surface area contributed by atoms with Gasteiger partial charge in [0.15, 0.2) is 0 Å². The molecule has 0 aromatic rings. The van der Waals surface area contributed by atoms with Gasteiger partial charge in [0.25, 0.3) is 0 Å². The normalized spacial score (nSPS) is 10.0. The molecule has 5 heteroatoms. The van der Waals surface area contributed by atoms with E-state index < -0.39 is 0 Å². The van der Waals surface area contributed by atoms with Crippen LogP contribution in [0.15, 0.2) is 0 Å². The molecule has 1 atom stereocenters. The Bertz CT molecular complexity index is 151. The van der Waals surface area contributed by atoms with E-state index in [1.807, 2.05) is 19.7 Å². The summed E-state index contributed by atoms with van der Waals surface area (Å²) in [6, 6.07) is 2.78. The lowest BCUT2D eigenvalue weighted by atomic mass is 10.3. The van der Waals surface area contributed by atoms with E-state index in [4.69, 9.17) is 10.1 Å². The van der Waals surface area contributed by atoms with Crippen LogP contribution in [0.5, 0.6) is 0 Å². The van der Waals surface area contributed by atoms with Crippen molar-refractivity contribution in [3.8, 4) is 6.07 Å². The third-order valence-corrected chi connectivity index (χ3v) is 1.47. The van der Waals surface area contributed by atoms with Gasteiger partial charge >= 0.3 is 0 Å². The van der Waals surface area contributed by atoms with Crippen molar-refractivity contribution in [2.24, 2.45) is 0 Å². The molecule has 0 rings (SSSR count). The number of hydrogen-bond acceptors (Lipinski definition) is 3. The van der Waals surface area contributed by atoms with Crippen LogP contribution in [0.25, 0.3) is 0 Å². The molecule has 0 radical (unpaired) electrons. The molecule has 0 heterocycles. The van der Waals surface area contributed by atoms with Crippen molar-refractivity contribution in [2.75, 3.05) is 6.61 Å². The van der Waals surface area contributed by atoms with Crippen LogP contribution in [0.4, 0.5) is 0 Å². The first kappa shape index (κ1) is 16.6. The number of nitriles is 1. The second kappa shape index (κ2) is 11.2. The number of rotatable bonds is 5. The molecular weight excluding hydrogens is 219 g/mol. The molecule has 0 saturated heterocycles. The molecule has 14 heavy (non-hydrogen) atoms. The van der Waals surface area contributed by atoms with Gasteiger partial charge in [-0.2, -0.15) is 10.3 Å². The first-order valence-corrected chi connectivity index (χ1v) is 6.34. The van der Waals surface area contributed by atoms with Crippen molar-refractivity contribution < 1.29 is 4.84 Å². The van der Waals surface area contributed by atoms with Crippen molar-refractivity contribution in [2.45, 2.75) is 46.2 Å². The van der Waals surface area contributed by atoms with E-state index in [0.717, 1.165) is 0 Å². The molecule has 0 fully saturated rings. The van der Waals surface area contributed by atoms with Crippen LogP contribution in [0.1, 0.15) is 34.1 Å². The van der Waals surface area contributed by atoms with Crippen LogP contribution in [0.2, 0.25) is 0 Å². The van der Waals surface area contributed by atoms with Crippen molar-refractivity contribution in [3.05, 3.63) is 0 Å². The minimum Gasteiger partial charge on any atom is -0.297 e. The number of nitrogens with zero attached hydrogens (tertiary/aromatic N) is 2. The summed E-state index contributed by atoms with van der Waals surface area (Å²) in [6.45, 7) is 8.80. The Morgan fingerprint density at radius 3 is 2.00 bits per heavy atom. The number of hydroxylamine groups is 2. The van der Waals surface area contributed by atoms with E-state index in [1.165, 1.54) is 0 Å². The van der Waals surface area contributed by atoms with Crippen LogP contribution < -0.4 is 0 Å². The molecule has 0 saturated carbocycles. The molecule has 0 aliphatic carbocycles. The summed E-state index contributed by atoms with van der Waals surface area (Å²) in [5.41, 5.74) is 0. The van der Waals surface area contributed by atoms with E-state index in [1.54, 1.807) is 0 Å². The number of hydrogen-bond donors (Lipinski definition) is 0. The molecule has 0 aromatic carbocycles. The maximum atomic E-state index is 8.31. The molecule has 84 valence electrons. The van der Waals surface area contributed by atoms with Gasteiger partial charge in [0.05, 0.1) is 19.1 Å². The van der Waals surface area contributed by atoms with Crippen LogP contribution >= 0.6 is 19.8 Å². The fourth-order valence-corrected chi connectivity index (χ4v) is 1.09. The summed E-state index contributed by atoms with van der Waals surface area (Å²) in [6.07, 6.45) is 0.454. The Morgan fingerprint density at radius 2 is 1.71 bits per heavy atom. The fourth-order valence-electron chi connectivity index (χ4n) is 1.09. The van der Waals surface area contributed by atoms with Crippen LogP contribution in [-0.4, -0.2) is 23.8 Å². The van der Waals surface area contributed by atoms with Gasteiger partial charge in [-0.3, -0.25) is 4.84 Å². The zero-order valence-corrected chi connectivity index (χ0v) is 11.2. The van der Waals surface area contributed by atoms with Crippen molar-refractivity contribution >= 4 is 19.8 Å². The topological polar surface area (TPSA) is 36.3 Å². The summed E-state index contributed by atoms with van der Waals surface area (Å²) in [5.74, 6) is 0. The van der Waals surface area contributed by atoms with Crippen LogP contribution in [0, 0.1) is 11.3 Å². The maximum Gasteiger partial charge on any atom is 0.0815 e. The Balaban J connectivity index is 0. The highest BCUT2D eigenvalue weighted by molar-refractivity contribution is 7.52. The minimum atomic E-state index is 0.365. The largest absolute Gasteiger partial charge is 0.297 e. The maximum absolute atomic E-state index is 8.31. The van der Waals surface area contributed by atoms with Crippen molar-refractivity contribution in [1.29, 1.82) is 5.26 Å². The fraction of sp³-hybridized carbons (Fsp3) is 0.889. The zero-order chi connectivity index (χ0) is 11.6. The van der Waals surface area contributed by atoms with Gasteiger partial charge < -0.3 is 0 Å². The first-order chi connectivity index (χ1) is 6.59.